The zero-order valence-corrected chi connectivity index (χ0v) is 18.1. The van der Waals surface area contributed by atoms with Crippen LogP contribution in [0.25, 0.3) is 11.3 Å². The summed E-state index contributed by atoms with van der Waals surface area (Å²) in [6.45, 7) is 2.74. The van der Waals surface area contributed by atoms with Crippen LogP contribution >= 0.6 is 0 Å². The summed E-state index contributed by atoms with van der Waals surface area (Å²) >= 11 is 0. The van der Waals surface area contributed by atoms with Gasteiger partial charge in [0, 0.05) is 11.0 Å². The first-order chi connectivity index (χ1) is 15.1. The number of nitrogens with two attached hydrogens (primary N) is 1. The van der Waals surface area contributed by atoms with Crippen LogP contribution in [0.15, 0.2) is 59.4 Å². The summed E-state index contributed by atoms with van der Waals surface area (Å²) in [6.07, 6.45) is 7.01. The van der Waals surface area contributed by atoms with E-state index in [4.69, 9.17) is 10.8 Å². The van der Waals surface area contributed by atoms with Crippen molar-refractivity contribution in [3.05, 3.63) is 81.6 Å². The van der Waals surface area contributed by atoms with Gasteiger partial charge < -0.3 is 0 Å². The van der Waals surface area contributed by atoms with Gasteiger partial charge in [-0.1, -0.05) is 80.8 Å². The molecule has 160 valence electrons. The number of nitrogens with one attached hydrogen (secondary N) is 1. The van der Waals surface area contributed by atoms with E-state index >= 15 is 0 Å². The molecule has 31 heavy (non-hydrogen) atoms. The Bertz CT molecular complexity index is 1150. The van der Waals surface area contributed by atoms with E-state index in [0.717, 1.165) is 28.8 Å². The molecule has 3 N–H and O–H groups in total. The van der Waals surface area contributed by atoms with Crippen LogP contribution in [-0.2, 0) is 18.4 Å². The van der Waals surface area contributed by atoms with Gasteiger partial charge in [-0.05, 0) is 36.3 Å². The molecule has 5 nitrogen and oxygen atoms in total. The average molecular weight is 415 g/mol. The quantitative estimate of drug-likeness (QED) is 0.482. The minimum Gasteiger partial charge on any atom is -0.294 e. The van der Waals surface area contributed by atoms with Gasteiger partial charge in [0.2, 0.25) is 5.95 Å². The topological polar surface area (TPSA) is 72.9 Å². The summed E-state index contributed by atoms with van der Waals surface area (Å²) in [7, 11) is 0. The number of nitrogen functional groups attached to an aromatic ring is 1. The number of benzene rings is 2. The highest BCUT2D eigenvalue weighted by Gasteiger charge is 2.44. The summed E-state index contributed by atoms with van der Waals surface area (Å²) in [6, 6.07) is 18.4. The van der Waals surface area contributed by atoms with Crippen molar-refractivity contribution in [1.29, 1.82) is 0 Å². The molecule has 0 bridgehead atoms. The van der Waals surface area contributed by atoms with Crippen molar-refractivity contribution < 1.29 is 0 Å². The molecule has 2 aromatic carbocycles. The predicted molar refractivity (Wildman–Crippen MR) is 125 cm³/mol. The molecule has 2 aliphatic rings. The molecule has 1 heterocycles. The highest BCUT2D eigenvalue weighted by Crippen LogP contribution is 2.49. The number of anilines is 1. The van der Waals surface area contributed by atoms with Crippen LogP contribution in [0.4, 0.5) is 5.95 Å². The van der Waals surface area contributed by atoms with E-state index in [9.17, 15) is 4.79 Å². The first-order valence-electron chi connectivity index (χ1n) is 11.4. The zero-order valence-electron chi connectivity index (χ0n) is 18.1. The smallest absolute Gasteiger partial charge is 0.259 e. The lowest BCUT2D eigenvalue weighted by atomic mass is 9.60. The molecule has 3 aromatic rings. The van der Waals surface area contributed by atoms with Gasteiger partial charge in [0.05, 0.1) is 17.8 Å². The average Bonchev–Trinajstić information content (AvgIpc) is 2.81. The fourth-order valence-electron chi connectivity index (χ4n) is 5.76. The Balaban J connectivity index is 1.74. The number of aromatic nitrogens is 2. The van der Waals surface area contributed by atoms with Gasteiger partial charge in [0.25, 0.3) is 5.56 Å². The minimum atomic E-state index is -0.222. The van der Waals surface area contributed by atoms with Crippen LogP contribution in [0.1, 0.15) is 55.7 Å². The zero-order chi connectivity index (χ0) is 21.4. The lowest BCUT2D eigenvalue weighted by Crippen LogP contribution is -2.45. The molecule has 0 radical (unpaired) electrons. The molecule has 1 aromatic heterocycles. The molecule has 0 spiro atoms. The highest BCUT2D eigenvalue weighted by molar-refractivity contribution is 5.72. The van der Waals surface area contributed by atoms with Crippen LogP contribution < -0.4 is 16.8 Å². The van der Waals surface area contributed by atoms with Crippen molar-refractivity contribution in [3.8, 4) is 11.3 Å². The largest absolute Gasteiger partial charge is 0.294 e. The molecular weight excluding hydrogens is 384 g/mol. The predicted octanol–water partition coefficient (Wildman–Crippen LogP) is 4.64. The molecule has 1 atom stereocenters. The number of hydrogen-bond donors (Lipinski definition) is 2. The maximum Gasteiger partial charge on any atom is 0.259 e. The molecule has 0 saturated heterocycles. The lowest BCUT2D eigenvalue weighted by Gasteiger charge is -2.44. The first kappa shape index (κ1) is 20.0. The van der Waals surface area contributed by atoms with Gasteiger partial charge in [-0.2, -0.15) is 0 Å². The highest BCUT2D eigenvalue weighted by atomic mass is 16.1. The number of hydrazine groups is 1. The Morgan fingerprint density at radius 1 is 1.06 bits per heavy atom. The molecule has 0 amide bonds. The van der Waals surface area contributed by atoms with E-state index < -0.39 is 0 Å². The van der Waals surface area contributed by atoms with Gasteiger partial charge >= 0.3 is 0 Å². The van der Waals surface area contributed by atoms with Crippen LogP contribution in [0.3, 0.4) is 0 Å². The Kier molecular flexibility index (Phi) is 5.14. The van der Waals surface area contributed by atoms with Crippen molar-refractivity contribution in [2.45, 2.75) is 57.4 Å². The Morgan fingerprint density at radius 2 is 1.77 bits per heavy atom. The van der Waals surface area contributed by atoms with Crippen molar-refractivity contribution in [2.24, 2.45) is 11.8 Å². The van der Waals surface area contributed by atoms with Crippen molar-refractivity contribution in [1.82, 2.24) is 9.55 Å². The van der Waals surface area contributed by atoms with E-state index in [1.54, 1.807) is 4.57 Å². The Hall–Kier alpha value is -2.92. The standard InChI is InChI=1S/C26H30N4O/c1-26(20-13-6-3-7-14-20)16-19-12-8-9-15-21(19)23-22(26)24(31)30(25(28-23)29-27)17-18-10-4-2-5-11-18/h2,4-5,8-12,15,20H,3,6-7,13-14,16-17,27H2,1H3,(H,28,29). The third-order valence-electron chi connectivity index (χ3n) is 7.39. The van der Waals surface area contributed by atoms with Crippen molar-refractivity contribution in [2.75, 3.05) is 5.43 Å². The molecular formula is C26H30N4O. The molecule has 5 rings (SSSR count). The molecule has 1 saturated carbocycles. The number of fused-ring (bicyclic) bond motifs is 3. The van der Waals surface area contributed by atoms with Crippen LogP contribution in [0, 0.1) is 5.92 Å². The van der Waals surface area contributed by atoms with Crippen molar-refractivity contribution in [3.63, 3.8) is 0 Å². The molecule has 0 aliphatic heterocycles. The molecule has 1 fully saturated rings. The van der Waals surface area contributed by atoms with Gasteiger partial charge in [-0.25, -0.2) is 10.8 Å². The molecule has 2 aliphatic carbocycles. The number of hydrogen-bond acceptors (Lipinski definition) is 4. The van der Waals surface area contributed by atoms with Crippen LogP contribution in [0.2, 0.25) is 0 Å². The van der Waals surface area contributed by atoms with Crippen molar-refractivity contribution >= 4 is 5.95 Å². The normalized spacial score (nSPS) is 20.7. The second-order valence-corrected chi connectivity index (χ2v) is 9.27. The summed E-state index contributed by atoms with van der Waals surface area (Å²) in [5, 5.41) is 0. The van der Waals surface area contributed by atoms with E-state index in [0.29, 0.717) is 18.4 Å². The van der Waals surface area contributed by atoms with Gasteiger partial charge in [-0.15, -0.1) is 0 Å². The lowest BCUT2D eigenvalue weighted by molar-refractivity contribution is 0.212. The third kappa shape index (κ3) is 3.37. The maximum absolute atomic E-state index is 14.1. The fraction of sp³-hybridized carbons (Fsp3) is 0.385. The monoisotopic (exact) mass is 414 g/mol. The SMILES string of the molecule is CC1(C2CCCCC2)Cc2ccccc2-c2nc(NN)n(Cc3ccccc3)c(=O)c21. The summed E-state index contributed by atoms with van der Waals surface area (Å²) in [5.74, 6) is 6.77. The van der Waals surface area contributed by atoms with E-state index in [-0.39, 0.29) is 11.0 Å². The van der Waals surface area contributed by atoms with Gasteiger partial charge in [0.1, 0.15) is 0 Å². The third-order valence-corrected chi connectivity index (χ3v) is 7.39. The van der Waals surface area contributed by atoms with E-state index in [1.807, 2.05) is 36.4 Å². The van der Waals surface area contributed by atoms with Crippen LogP contribution in [0.5, 0.6) is 0 Å². The Morgan fingerprint density at radius 3 is 2.52 bits per heavy atom. The maximum atomic E-state index is 14.1. The number of rotatable bonds is 4. The molecule has 5 heteroatoms. The second-order valence-electron chi connectivity index (χ2n) is 9.27. The summed E-state index contributed by atoms with van der Waals surface area (Å²) < 4.78 is 1.71. The summed E-state index contributed by atoms with van der Waals surface area (Å²) in [5.41, 5.74) is 7.57. The Labute approximate surface area is 183 Å². The van der Waals surface area contributed by atoms with Gasteiger partial charge in [0.15, 0.2) is 0 Å². The van der Waals surface area contributed by atoms with E-state index in [2.05, 4.69) is 30.5 Å². The van der Waals surface area contributed by atoms with E-state index in [1.165, 1.54) is 37.7 Å². The van der Waals surface area contributed by atoms with Gasteiger partial charge in [-0.3, -0.25) is 14.8 Å². The van der Waals surface area contributed by atoms with Crippen LogP contribution in [-0.4, -0.2) is 9.55 Å². The minimum absolute atomic E-state index is 0.0318. The second kappa shape index (κ2) is 7.97. The first-order valence-corrected chi connectivity index (χ1v) is 11.4. The fourth-order valence-corrected chi connectivity index (χ4v) is 5.76. The summed E-state index contributed by atoms with van der Waals surface area (Å²) in [4.78, 5) is 19.0. The number of nitrogens with zero attached hydrogens (tertiary/aromatic N) is 2. The molecule has 1 unspecified atom stereocenters.